The highest BCUT2D eigenvalue weighted by molar-refractivity contribution is 7.47. The second-order valence-electron chi connectivity index (χ2n) is 31.4. The fourth-order valence-corrected chi connectivity index (χ4v) is 14.9. The van der Waals surface area contributed by atoms with E-state index in [9.17, 15) is 43.2 Å². The van der Waals surface area contributed by atoms with E-state index in [1.54, 1.807) is 0 Å². The molecule has 0 saturated heterocycles. The molecule has 0 aromatic heterocycles. The number of carbonyl (C=O) groups is 4. The zero-order chi connectivity index (χ0) is 77.1. The summed E-state index contributed by atoms with van der Waals surface area (Å²) in [5, 5.41) is 10.7. The van der Waals surface area contributed by atoms with E-state index >= 15 is 0 Å². The molecule has 0 rings (SSSR count). The first kappa shape index (κ1) is 103. The maximum Gasteiger partial charge on any atom is 0.472 e. The molecule has 19 heteroatoms. The minimum Gasteiger partial charge on any atom is -0.462 e. The van der Waals surface area contributed by atoms with Gasteiger partial charge in [-0.05, 0) is 37.5 Å². The topological polar surface area (TPSA) is 237 Å². The van der Waals surface area contributed by atoms with Crippen molar-refractivity contribution in [3.63, 3.8) is 0 Å². The van der Waals surface area contributed by atoms with Gasteiger partial charge in [0.05, 0.1) is 26.4 Å². The van der Waals surface area contributed by atoms with Gasteiger partial charge >= 0.3 is 39.5 Å². The fourth-order valence-electron chi connectivity index (χ4n) is 13.4. The Balaban J connectivity index is 5.16. The molecule has 0 radical (unpaired) electrons. The van der Waals surface area contributed by atoms with Gasteiger partial charge in [0, 0.05) is 25.7 Å². The number of unbranched alkanes of at least 4 members (excludes halogenated alkanes) is 53. The molecule has 17 nitrogen and oxygen atoms in total. The van der Waals surface area contributed by atoms with E-state index in [-0.39, 0.29) is 25.7 Å². The van der Waals surface area contributed by atoms with Crippen molar-refractivity contribution >= 4 is 39.5 Å². The van der Waals surface area contributed by atoms with Gasteiger partial charge in [-0.15, -0.1) is 0 Å². The summed E-state index contributed by atoms with van der Waals surface area (Å²) in [6.45, 7) is 9.77. The first-order valence-electron chi connectivity index (χ1n) is 44.6. The van der Waals surface area contributed by atoms with Crippen LogP contribution in [0.4, 0.5) is 0 Å². The Morgan fingerprint density at radius 3 is 0.676 bits per heavy atom. The van der Waals surface area contributed by atoms with Crippen LogP contribution >= 0.6 is 15.6 Å². The van der Waals surface area contributed by atoms with Crippen LogP contribution in [0.15, 0.2) is 0 Å². The molecule has 624 valence electrons. The van der Waals surface area contributed by atoms with Crippen LogP contribution in [0.1, 0.15) is 459 Å². The standard InChI is InChI=1S/C86H168O17P2/c1-7-11-13-15-17-19-20-33-41-46-52-58-64-70-85(90)102-81(74-96-83(88)68-62-56-50-18-16-14-12-8-2)76-100-104(92,93)98-72-80(87)73-99-105(94,95)101-77-82(103-86(91)71-65-59-53-47-42-37-32-28-24-22-26-30-35-39-44-49-55-61-67-79(6)10-4)75-97-84(89)69-63-57-51-45-40-36-31-27-23-21-25-29-34-38-43-48-54-60-66-78(5)9-3/h78-82,87H,7-77H2,1-6H3,(H,92,93)(H,94,95)/t78?,79?,80-,81+,82+/m0/s1. The van der Waals surface area contributed by atoms with Gasteiger partial charge < -0.3 is 33.8 Å². The van der Waals surface area contributed by atoms with Gasteiger partial charge in [-0.1, -0.05) is 408 Å². The van der Waals surface area contributed by atoms with Crippen molar-refractivity contribution in [1.82, 2.24) is 0 Å². The molecule has 0 bridgehead atoms. The second kappa shape index (κ2) is 77.4. The number of hydrogen-bond acceptors (Lipinski definition) is 15. The molecule has 3 N–H and O–H groups in total. The molecule has 7 atom stereocenters. The van der Waals surface area contributed by atoms with Crippen LogP contribution in [0.3, 0.4) is 0 Å². The molecule has 0 aliphatic carbocycles. The number of aliphatic hydroxyl groups excluding tert-OH is 1. The fraction of sp³-hybridized carbons (Fsp3) is 0.953. The minimum atomic E-state index is -4.96. The number of esters is 4. The largest absolute Gasteiger partial charge is 0.472 e. The second-order valence-corrected chi connectivity index (χ2v) is 34.3. The van der Waals surface area contributed by atoms with E-state index in [1.165, 1.54) is 270 Å². The third-order valence-corrected chi connectivity index (χ3v) is 22.8. The van der Waals surface area contributed by atoms with Gasteiger partial charge in [0.2, 0.25) is 0 Å². The van der Waals surface area contributed by atoms with Crippen LogP contribution in [0.5, 0.6) is 0 Å². The maximum absolute atomic E-state index is 13.1. The number of phosphoric acid groups is 2. The minimum absolute atomic E-state index is 0.108. The number of aliphatic hydroxyl groups is 1. The molecule has 4 unspecified atom stereocenters. The first-order valence-corrected chi connectivity index (χ1v) is 47.6. The Morgan fingerprint density at radius 2 is 0.457 bits per heavy atom. The lowest BCUT2D eigenvalue weighted by Crippen LogP contribution is -2.30. The highest BCUT2D eigenvalue weighted by atomic mass is 31.2. The smallest absolute Gasteiger partial charge is 0.462 e. The van der Waals surface area contributed by atoms with Crippen LogP contribution < -0.4 is 0 Å². The van der Waals surface area contributed by atoms with Crippen LogP contribution in [-0.2, 0) is 65.4 Å². The monoisotopic (exact) mass is 1540 g/mol. The highest BCUT2D eigenvalue weighted by Gasteiger charge is 2.30. The van der Waals surface area contributed by atoms with Gasteiger partial charge in [-0.2, -0.15) is 0 Å². The van der Waals surface area contributed by atoms with E-state index in [1.807, 2.05) is 0 Å². The Hall–Kier alpha value is -1.94. The van der Waals surface area contributed by atoms with Gasteiger partial charge in [0.1, 0.15) is 19.3 Å². The van der Waals surface area contributed by atoms with Crippen molar-refractivity contribution in [3.05, 3.63) is 0 Å². The zero-order valence-electron chi connectivity index (χ0n) is 69.0. The third-order valence-electron chi connectivity index (χ3n) is 20.9. The Labute approximate surface area is 645 Å². The summed E-state index contributed by atoms with van der Waals surface area (Å²) in [6.07, 6.45) is 69.5. The molecule has 0 spiro atoms. The normalized spacial score (nSPS) is 14.3. The first-order chi connectivity index (χ1) is 50.9. The summed E-state index contributed by atoms with van der Waals surface area (Å²) in [5.41, 5.74) is 0. The zero-order valence-corrected chi connectivity index (χ0v) is 70.8. The van der Waals surface area contributed by atoms with Crippen molar-refractivity contribution in [1.29, 1.82) is 0 Å². The Morgan fingerprint density at radius 1 is 0.267 bits per heavy atom. The van der Waals surface area contributed by atoms with Gasteiger partial charge in [-0.3, -0.25) is 37.3 Å². The number of carbonyl (C=O) groups excluding carboxylic acids is 4. The SMILES string of the molecule is CCCCCCCCCCCCCCCC(=O)O[C@H](COC(=O)CCCCCCCCCC)COP(=O)(O)OC[C@H](O)COP(=O)(O)OC[C@@H](COC(=O)CCCCCCCCCCCCCCCCCCCCC(C)CC)OC(=O)CCCCCCCCCCCCCCCCCCCCC(C)CC. The molecule has 0 aliphatic rings. The summed E-state index contributed by atoms with van der Waals surface area (Å²) in [7, 11) is -9.92. The summed E-state index contributed by atoms with van der Waals surface area (Å²) in [4.78, 5) is 73.1. The maximum atomic E-state index is 13.1. The van der Waals surface area contributed by atoms with Gasteiger partial charge in [0.25, 0.3) is 0 Å². The molecular formula is C86H168O17P2. The molecule has 105 heavy (non-hydrogen) atoms. The molecule has 0 fully saturated rings. The average molecular weight is 1540 g/mol. The Bertz CT molecular complexity index is 2010. The van der Waals surface area contributed by atoms with E-state index in [0.717, 1.165) is 108 Å². The molecular weight excluding hydrogens is 1370 g/mol. The van der Waals surface area contributed by atoms with Crippen molar-refractivity contribution in [2.45, 2.75) is 477 Å². The number of phosphoric ester groups is 2. The van der Waals surface area contributed by atoms with Crippen LogP contribution in [0, 0.1) is 11.8 Å². The number of rotatable bonds is 85. The highest BCUT2D eigenvalue weighted by Crippen LogP contribution is 2.45. The summed E-state index contributed by atoms with van der Waals surface area (Å²) in [6, 6.07) is 0. The summed E-state index contributed by atoms with van der Waals surface area (Å²) >= 11 is 0. The van der Waals surface area contributed by atoms with Crippen LogP contribution in [0.25, 0.3) is 0 Å². The average Bonchev–Trinajstić information content (AvgIpc) is 0.986. The quantitative estimate of drug-likeness (QED) is 0.0222. The summed E-state index contributed by atoms with van der Waals surface area (Å²) < 4.78 is 68.8. The van der Waals surface area contributed by atoms with Crippen molar-refractivity contribution < 1.29 is 80.2 Å². The lowest BCUT2D eigenvalue weighted by molar-refractivity contribution is -0.161. The molecule has 0 aromatic rings. The van der Waals surface area contributed by atoms with Crippen molar-refractivity contribution in [3.8, 4) is 0 Å². The van der Waals surface area contributed by atoms with E-state index < -0.39 is 97.5 Å². The predicted octanol–water partition coefficient (Wildman–Crippen LogP) is 26.2. The van der Waals surface area contributed by atoms with E-state index in [2.05, 4.69) is 41.5 Å². The lowest BCUT2D eigenvalue weighted by Gasteiger charge is -2.21. The van der Waals surface area contributed by atoms with Crippen molar-refractivity contribution in [2.75, 3.05) is 39.6 Å². The van der Waals surface area contributed by atoms with Crippen LogP contribution in [0.2, 0.25) is 0 Å². The van der Waals surface area contributed by atoms with Crippen LogP contribution in [-0.4, -0.2) is 96.7 Å². The molecule has 0 saturated carbocycles. The number of hydrogen-bond donors (Lipinski definition) is 3. The van der Waals surface area contributed by atoms with E-state index in [4.69, 9.17) is 37.0 Å². The molecule has 0 amide bonds. The molecule has 0 aromatic carbocycles. The van der Waals surface area contributed by atoms with Crippen molar-refractivity contribution in [2.24, 2.45) is 11.8 Å². The van der Waals surface area contributed by atoms with Gasteiger partial charge in [0.15, 0.2) is 12.2 Å². The molecule has 0 heterocycles. The molecule has 0 aliphatic heterocycles. The number of ether oxygens (including phenoxy) is 4. The lowest BCUT2D eigenvalue weighted by atomic mass is 9.99. The van der Waals surface area contributed by atoms with Gasteiger partial charge in [-0.25, -0.2) is 9.13 Å². The summed E-state index contributed by atoms with van der Waals surface area (Å²) in [5.74, 6) is -0.360. The Kier molecular flexibility index (Phi) is 76.0. The van der Waals surface area contributed by atoms with E-state index in [0.29, 0.717) is 25.7 Å². The third kappa shape index (κ3) is 77.2. The predicted molar refractivity (Wildman–Crippen MR) is 432 cm³/mol.